The molecule has 10 heteroatoms. The Morgan fingerprint density at radius 1 is 1.14 bits per heavy atom. The predicted molar refractivity (Wildman–Crippen MR) is 128 cm³/mol. The van der Waals surface area contributed by atoms with Crippen LogP contribution in [0.1, 0.15) is 43.9 Å². The number of carbonyl (C=O) groups excluding carboxylic acids is 3. The molecule has 0 radical (unpaired) electrons. The van der Waals surface area contributed by atoms with Crippen LogP contribution in [0.4, 0.5) is 23.7 Å². The molecule has 4 rings (SSSR count). The molecule has 1 fully saturated rings. The summed E-state index contributed by atoms with van der Waals surface area (Å²) >= 11 is 0.716. The summed E-state index contributed by atoms with van der Waals surface area (Å²) in [5, 5.41) is 1.63. The topological polar surface area (TPSA) is 75.7 Å². The van der Waals surface area contributed by atoms with Gasteiger partial charge in [-0.1, -0.05) is 26.0 Å². The summed E-state index contributed by atoms with van der Waals surface area (Å²) in [4.78, 5) is 38.0. The van der Waals surface area contributed by atoms with Gasteiger partial charge in [-0.25, -0.2) is 0 Å². The van der Waals surface area contributed by atoms with Crippen LogP contribution >= 0.6 is 11.8 Å². The summed E-state index contributed by atoms with van der Waals surface area (Å²) in [6.07, 6.45) is -3.15. The molecule has 0 atom stereocenters. The zero-order valence-electron chi connectivity index (χ0n) is 19.5. The molecule has 0 spiro atoms. The third-order valence-corrected chi connectivity index (χ3v) is 6.84. The molecule has 0 saturated carbocycles. The molecule has 2 aromatic carbocycles. The predicted octanol–water partition coefficient (Wildman–Crippen LogP) is 5.92. The molecule has 184 valence electrons. The molecule has 0 bridgehead atoms. The molecule has 2 aliphatic heterocycles. The van der Waals surface area contributed by atoms with E-state index >= 15 is 0 Å². The molecule has 0 aromatic heterocycles. The fourth-order valence-corrected chi connectivity index (χ4v) is 5.12. The van der Waals surface area contributed by atoms with Gasteiger partial charge in [-0.05, 0) is 72.1 Å². The van der Waals surface area contributed by atoms with E-state index in [1.807, 2.05) is 26.8 Å². The lowest BCUT2D eigenvalue weighted by Gasteiger charge is -2.39. The number of hydrogen-bond acceptors (Lipinski definition) is 5. The quantitative estimate of drug-likeness (QED) is 0.524. The van der Waals surface area contributed by atoms with Crippen molar-refractivity contribution in [1.82, 2.24) is 5.32 Å². The molecule has 3 amide bonds. The maximum absolute atomic E-state index is 13.2. The van der Waals surface area contributed by atoms with Gasteiger partial charge in [0, 0.05) is 29.6 Å². The number of ether oxygens (including phenoxy) is 1. The van der Waals surface area contributed by atoms with Crippen molar-refractivity contribution in [2.45, 2.75) is 45.9 Å². The summed E-state index contributed by atoms with van der Waals surface area (Å²) in [7, 11) is 0. The summed E-state index contributed by atoms with van der Waals surface area (Å²) in [6.45, 7) is 7.98. The largest absolute Gasteiger partial charge is 0.573 e. The van der Waals surface area contributed by atoms with E-state index in [1.54, 1.807) is 17.9 Å². The highest BCUT2D eigenvalue weighted by Crippen LogP contribution is 2.45. The lowest BCUT2D eigenvalue weighted by atomic mass is 9.75. The third kappa shape index (κ3) is 4.93. The number of alkyl halides is 3. The van der Waals surface area contributed by atoms with Crippen LogP contribution in [0, 0.1) is 6.92 Å². The van der Waals surface area contributed by atoms with Gasteiger partial charge in [0.2, 0.25) is 5.91 Å². The van der Waals surface area contributed by atoms with Crippen LogP contribution in [0.3, 0.4) is 0 Å². The summed E-state index contributed by atoms with van der Waals surface area (Å²) in [6, 6.07) is 7.67. The number of amides is 3. The maximum Gasteiger partial charge on any atom is 0.573 e. The second-order valence-electron chi connectivity index (χ2n) is 9.04. The molecule has 1 N–H and O–H groups in total. The highest BCUT2D eigenvalue weighted by atomic mass is 32.2. The highest BCUT2D eigenvalue weighted by molar-refractivity contribution is 8.18. The van der Waals surface area contributed by atoms with Gasteiger partial charge in [0.1, 0.15) is 5.75 Å². The fourth-order valence-electron chi connectivity index (χ4n) is 4.44. The van der Waals surface area contributed by atoms with Crippen molar-refractivity contribution in [3.8, 4) is 16.9 Å². The molecule has 0 aliphatic carbocycles. The average Bonchev–Trinajstić information content (AvgIpc) is 3.05. The van der Waals surface area contributed by atoms with Crippen molar-refractivity contribution < 1.29 is 32.3 Å². The minimum atomic E-state index is -4.92. The van der Waals surface area contributed by atoms with Crippen LogP contribution in [-0.2, 0) is 15.0 Å². The van der Waals surface area contributed by atoms with E-state index in [-0.39, 0.29) is 16.4 Å². The first-order valence-electron chi connectivity index (χ1n) is 10.9. The summed E-state index contributed by atoms with van der Waals surface area (Å²) in [5.41, 5.74) is 2.90. The number of nitrogens with zero attached hydrogens (tertiary/aromatic N) is 1. The van der Waals surface area contributed by atoms with Gasteiger partial charge in [0.05, 0.1) is 4.91 Å². The Morgan fingerprint density at radius 2 is 1.86 bits per heavy atom. The Bertz CT molecular complexity index is 1280. The van der Waals surface area contributed by atoms with Gasteiger partial charge in [-0.2, -0.15) is 0 Å². The van der Waals surface area contributed by atoms with E-state index in [1.165, 1.54) is 24.3 Å². The number of benzene rings is 2. The summed E-state index contributed by atoms with van der Waals surface area (Å²) in [5.74, 6) is -1.04. The minimum absolute atomic E-state index is 0.0565. The minimum Gasteiger partial charge on any atom is -0.405 e. The monoisotopic (exact) mass is 504 g/mol. The second-order valence-corrected chi connectivity index (χ2v) is 10.1. The molecule has 6 nitrogen and oxygen atoms in total. The molecule has 2 aliphatic rings. The normalized spacial score (nSPS) is 18.7. The molecular formula is C25H23F3N2O4S. The number of aryl methyl sites for hydroxylation is 1. The molecule has 2 aromatic rings. The van der Waals surface area contributed by atoms with Crippen molar-refractivity contribution in [3.05, 3.63) is 51.9 Å². The number of thioether (sulfide) groups is 1. The van der Waals surface area contributed by atoms with Gasteiger partial charge >= 0.3 is 6.36 Å². The molecule has 2 heterocycles. The second kappa shape index (κ2) is 8.75. The number of fused-ring (bicyclic) bond motifs is 1. The third-order valence-electron chi connectivity index (χ3n) is 6.03. The van der Waals surface area contributed by atoms with Crippen molar-refractivity contribution in [1.29, 1.82) is 0 Å². The highest BCUT2D eigenvalue weighted by Gasteiger charge is 2.37. The Morgan fingerprint density at radius 3 is 2.46 bits per heavy atom. The van der Waals surface area contributed by atoms with E-state index in [0.717, 1.165) is 5.56 Å². The average molecular weight is 505 g/mol. The standard InChI is InChI=1S/C25H23F3N2O4S/c1-5-30-18-11-15(13(2)8-17(18)24(3,4)12-21(30)31)16-9-14(6-7-19(16)34-25(26,27)28)10-20-22(32)29-23(33)35-20/h6-11H,5,12H2,1-4H3,(H,29,32,33)/b20-10+. The number of nitrogens with one attached hydrogen (secondary N) is 1. The first-order chi connectivity index (χ1) is 16.3. The zero-order valence-corrected chi connectivity index (χ0v) is 20.3. The molecule has 0 unspecified atom stereocenters. The van der Waals surface area contributed by atoms with E-state index in [4.69, 9.17) is 0 Å². The van der Waals surface area contributed by atoms with Crippen molar-refractivity contribution in [2.24, 2.45) is 0 Å². The van der Waals surface area contributed by atoms with Gasteiger partial charge in [0.15, 0.2) is 0 Å². The number of anilines is 1. The van der Waals surface area contributed by atoms with E-state index in [0.29, 0.717) is 47.1 Å². The molecule has 35 heavy (non-hydrogen) atoms. The van der Waals surface area contributed by atoms with Crippen LogP contribution < -0.4 is 15.0 Å². The Balaban J connectivity index is 1.91. The van der Waals surface area contributed by atoms with Crippen molar-refractivity contribution in [2.75, 3.05) is 11.4 Å². The van der Waals surface area contributed by atoms with Crippen molar-refractivity contribution in [3.63, 3.8) is 0 Å². The first-order valence-corrected chi connectivity index (χ1v) is 11.7. The molecular weight excluding hydrogens is 481 g/mol. The Hall–Kier alpha value is -3.27. The van der Waals surface area contributed by atoms with Gasteiger partial charge in [-0.3, -0.25) is 19.7 Å². The Kier molecular flexibility index (Phi) is 6.21. The van der Waals surface area contributed by atoms with Crippen LogP contribution in [0.25, 0.3) is 17.2 Å². The van der Waals surface area contributed by atoms with Crippen LogP contribution in [0.15, 0.2) is 35.2 Å². The van der Waals surface area contributed by atoms with Crippen LogP contribution in [0.5, 0.6) is 5.75 Å². The van der Waals surface area contributed by atoms with Gasteiger partial charge < -0.3 is 9.64 Å². The number of rotatable bonds is 4. The Labute approximate surface area is 204 Å². The first kappa shape index (κ1) is 24.8. The van der Waals surface area contributed by atoms with E-state index < -0.39 is 28.7 Å². The van der Waals surface area contributed by atoms with E-state index in [2.05, 4.69) is 10.1 Å². The molecule has 1 saturated heterocycles. The number of carbonyl (C=O) groups is 3. The lowest BCUT2D eigenvalue weighted by Crippen LogP contribution is -2.41. The summed E-state index contributed by atoms with van der Waals surface area (Å²) < 4.78 is 44.0. The van der Waals surface area contributed by atoms with Crippen LogP contribution in [-0.4, -0.2) is 30.0 Å². The SMILES string of the molecule is CCN1C(=O)CC(C)(C)c2cc(C)c(-c3cc(/C=C4/SC(=O)NC4=O)ccc3OC(F)(F)F)cc21. The van der Waals surface area contributed by atoms with Gasteiger partial charge in [-0.15, -0.1) is 13.2 Å². The lowest BCUT2D eigenvalue weighted by molar-refractivity contribution is -0.274. The van der Waals surface area contributed by atoms with E-state index in [9.17, 15) is 27.6 Å². The fraction of sp³-hybridized carbons (Fsp3) is 0.320. The smallest absolute Gasteiger partial charge is 0.405 e. The van der Waals surface area contributed by atoms with Crippen LogP contribution in [0.2, 0.25) is 0 Å². The number of hydrogen-bond donors (Lipinski definition) is 1. The maximum atomic E-state index is 13.2. The number of imide groups is 1. The van der Waals surface area contributed by atoms with Gasteiger partial charge in [0.25, 0.3) is 11.1 Å². The zero-order chi connectivity index (χ0) is 25.7. The van der Waals surface area contributed by atoms with Crippen molar-refractivity contribution >= 4 is 40.6 Å². The number of halogens is 3.